The van der Waals surface area contributed by atoms with Crippen molar-refractivity contribution in [2.45, 2.75) is 32.2 Å². The van der Waals surface area contributed by atoms with Gasteiger partial charge in [-0.3, -0.25) is 4.90 Å². The van der Waals surface area contributed by atoms with E-state index in [2.05, 4.69) is 9.98 Å². The number of hydrogen-bond acceptors (Lipinski definition) is 6. The lowest BCUT2D eigenvalue weighted by Crippen LogP contribution is -2.37. The number of amidine groups is 1. The molecule has 2 rings (SSSR count). The molecule has 1 unspecified atom stereocenters. The van der Waals surface area contributed by atoms with Gasteiger partial charge in [0.2, 0.25) is 0 Å². The van der Waals surface area contributed by atoms with Crippen molar-refractivity contribution >= 4 is 11.8 Å². The third kappa shape index (κ3) is 2.19. The Morgan fingerprint density at radius 3 is 2.72 bits per heavy atom. The smallest absolute Gasteiger partial charge is 0.296 e. The molecule has 0 aromatic carbocycles. The van der Waals surface area contributed by atoms with Crippen molar-refractivity contribution in [2.24, 2.45) is 4.99 Å². The molecule has 0 fully saturated rings. The van der Waals surface area contributed by atoms with Gasteiger partial charge in [0.15, 0.2) is 12.0 Å². The van der Waals surface area contributed by atoms with Crippen LogP contribution in [0.1, 0.15) is 25.8 Å². The monoisotopic (exact) mass is 254 g/mol. The molecule has 0 bridgehead atoms. The summed E-state index contributed by atoms with van der Waals surface area (Å²) in [6.07, 6.45) is 0.666. The second-order valence-corrected chi connectivity index (χ2v) is 4.98. The lowest BCUT2D eigenvalue weighted by Gasteiger charge is -2.30. The third-order valence-electron chi connectivity index (χ3n) is 2.71. The van der Waals surface area contributed by atoms with E-state index in [1.807, 2.05) is 0 Å². The van der Waals surface area contributed by atoms with E-state index in [0.717, 1.165) is 0 Å². The Morgan fingerprint density at radius 1 is 1.50 bits per heavy atom. The molecular weight excluding hydrogens is 236 g/mol. The van der Waals surface area contributed by atoms with Gasteiger partial charge in [0.1, 0.15) is 5.69 Å². The average molecular weight is 254 g/mol. The van der Waals surface area contributed by atoms with Crippen molar-refractivity contribution < 1.29 is 14.9 Å². The molecule has 1 aromatic rings. The molecule has 1 atom stereocenters. The Balaban J connectivity index is 2.41. The minimum absolute atomic E-state index is 0.309. The Hall–Kier alpha value is -1.60. The maximum Gasteiger partial charge on any atom is 0.296 e. The van der Waals surface area contributed by atoms with Crippen molar-refractivity contribution in [3.05, 3.63) is 12.0 Å². The van der Waals surface area contributed by atoms with Gasteiger partial charge < -0.3 is 19.5 Å². The predicted molar refractivity (Wildman–Crippen MR) is 65.4 cm³/mol. The van der Waals surface area contributed by atoms with Gasteiger partial charge in [0, 0.05) is 7.05 Å². The first-order chi connectivity index (χ1) is 8.33. The molecule has 1 aliphatic heterocycles. The zero-order valence-electron chi connectivity index (χ0n) is 11.0. The third-order valence-corrected chi connectivity index (χ3v) is 2.71. The number of aliphatic hydroxyl groups is 2. The molecular formula is C11H18N4O3. The summed E-state index contributed by atoms with van der Waals surface area (Å²) in [4.78, 5) is 9.82. The van der Waals surface area contributed by atoms with Crippen LogP contribution in [0.5, 0.6) is 0 Å². The molecule has 1 aliphatic rings. The van der Waals surface area contributed by atoms with Crippen molar-refractivity contribution in [2.75, 3.05) is 14.2 Å². The maximum atomic E-state index is 10.2. The van der Waals surface area contributed by atoms with E-state index in [1.165, 1.54) is 12.0 Å². The van der Waals surface area contributed by atoms with Crippen LogP contribution in [0.15, 0.2) is 11.3 Å². The summed E-state index contributed by atoms with van der Waals surface area (Å²) in [6, 6.07) is 0.309. The van der Waals surface area contributed by atoms with Gasteiger partial charge in [0.25, 0.3) is 6.02 Å². The van der Waals surface area contributed by atoms with E-state index in [0.29, 0.717) is 24.1 Å². The number of nitrogens with zero attached hydrogens (tertiary/aromatic N) is 4. The minimum Gasteiger partial charge on any atom is -0.468 e. The fraction of sp³-hybridized carbons (Fsp3) is 0.636. The fourth-order valence-corrected chi connectivity index (χ4v) is 1.92. The topological polar surface area (TPSA) is 83.1 Å². The summed E-state index contributed by atoms with van der Waals surface area (Å²) in [5.41, 5.74) is -0.335. The van der Waals surface area contributed by atoms with Gasteiger partial charge in [-0.25, -0.2) is 4.98 Å². The van der Waals surface area contributed by atoms with Gasteiger partial charge in [0.05, 0.1) is 25.6 Å². The first kappa shape index (κ1) is 12.8. The van der Waals surface area contributed by atoms with E-state index >= 15 is 0 Å². The number of aliphatic hydroxyl groups excluding tert-OH is 1. The van der Waals surface area contributed by atoms with Crippen molar-refractivity contribution in [3.8, 4) is 0 Å². The second-order valence-electron chi connectivity index (χ2n) is 4.98. The van der Waals surface area contributed by atoms with Gasteiger partial charge >= 0.3 is 0 Å². The SMILES string of the molecule is COC1=Nc2ncn(CC(C)(C)O)c2C(O)N1C. The Labute approximate surface area is 105 Å². The number of imidazole rings is 1. The predicted octanol–water partition coefficient (Wildman–Crippen LogP) is 0.224. The van der Waals surface area contributed by atoms with Crippen LogP contribution in [0, 0.1) is 0 Å². The van der Waals surface area contributed by atoms with Crippen LogP contribution in [-0.2, 0) is 11.3 Å². The molecule has 0 spiro atoms. The summed E-state index contributed by atoms with van der Waals surface area (Å²) in [6.45, 7) is 3.72. The van der Waals surface area contributed by atoms with Gasteiger partial charge in [-0.1, -0.05) is 0 Å². The number of hydrogen-bond donors (Lipinski definition) is 2. The lowest BCUT2D eigenvalue weighted by atomic mass is 10.1. The maximum absolute atomic E-state index is 10.2. The molecule has 1 aromatic heterocycles. The first-order valence-corrected chi connectivity index (χ1v) is 5.64. The van der Waals surface area contributed by atoms with Crippen LogP contribution in [0.3, 0.4) is 0 Å². The summed E-state index contributed by atoms with van der Waals surface area (Å²) >= 11 is 0. The van der Waals surface area contributed by atoms with E-state index < -0.39 is 11.8 Å². The van der Waals surface area contributed by atoms with Crippen molar-refractivity contribution in [1.29, 1.82) is 0 Å². The van der Waals surface area contributed by atoms with Crippen LogP contribution < -0.4 is 0 Å². The molecule has 2 heterocycles. The van der Waals surface area contributed by atoms with E-state index in [9.17, 15) is 10.2 Å². The molecule has 100 valence electrons. The minimum atomic E-state index is -0.891. The molecule has 18 heavy (non-hydrogen) atoms. The molecule has 0 aliphatic carbocycles. The highest BCUT2D eigenvalue weighted by Crippen LogP contribution is 2.32. The zero-order chi connectivity index (χ0) is 13.5. The lowest BCUT2D eigenvalue weighted by molar-refractivity contribution is 0.0311. The highest BCUT2D eigenvalue weighted by atomic mass is 16.5. The summed E-state index contributed by atoms with van der Waals surface area (Å²) in [5.74, 6) is 0.418. The first-order valence-electron chi connectivity index (χ1n) is 5.64. The van der Waals surface area contributed by atoms with Crippen LogP contribution in [0.4, 0.5) is 5.82 Å². The van der Waals surface area contributed by atoms with Gasteiger partial charge in [-0.2, -0.15) is 4.99 Å². The molecule has 7 nitrogen and oxygen atoms in total. The van der Waals surface area contributed by atoms with E-state index in [-0.39, 0.29) is 0 Å². The fourth-order valence-electron chi connectivity index (χ4n) is 1.92. The molecule has 7 heteroatoms. The molecule has 2 N–H and O–H groups in total. The summed E-state index contributed by atoms with van der Waals surface area (Å²) < 4.78 is 6.76. The number of fused-ring (bicyclic) bond motifs is 1. The normalized spacial score (nSPS) is 19.6. The Bertz CT molecular complexity index is 475. The van der Waals surface area contributed by atoms with Crippen LogP contribution in [0.25, 0.3) is 0 Å². The standard InChI is InChI=1S/C11H18N4O3/c1-11(2,17)5-15-6-12-8-7(15)9(16)14(3)10(13-8)18-4/h6,9,16-17H,5H2,1-4H3. The molecule has 0 saturated heterocycles. The highest BCUT2D eigenvalue weighted by molar-refractivity contribution is 5.79. The summed E-state index contributed by atoms with van der Waals surface area (Å²) in [5, 5.41) is 20.1. The van der Waals surface area contributed by atoms with E-state index in [1.54, 1.807) is 31.8 Å². The number of methoxy groups -OCH3 is 1. The molecule has 0 amide bonds. The quantitative estimate of drug-likeness (QED) is 0.789. The summed E-state index contributed by atoms with van der Waals surface area (Å²) in [7, 11) is 3.16. The number of aromatic nitrogens is 2. The number of ether oxygens (including phenoxy) is 1. The van der Waals surface area contributed by atoms with Crippen molar-refractivity contribution in [1.82, 2.24) is 14.5 Å². The van der Waals surface area contributed by atoms with Crippen LogP contribution in [0.2, 0.25) is 0 Å². The molecule has 0 radical (unpaired) electrons. The average Bonchev–Trinajstić information content (AvgIpc) is 2.64. The highest BCUT2D eigenvalue weighted by Gasteiger charge is 2.31. The Kier molecular flexibility index (Phi) is 3.04. The number of aliphatic imine (C=N–C) groups is 1. The molecule has 0 saturated carbocycles. The zero-order valence-corrected chi connectivity index (χ0v) is 11.0. The van der Waals surface area contributed by atoms with Crippen molar-refractivity contribution in [3.63, 3.8) is 0 Å². The van der Waals surface area contributed by atoms with Crippen LogP contribution >= 0.6 is 0 Å². The van der Waals surface area contributed by atoms with E-state index in [4.69, 9.17) is 4.74 Å². The van der Waals surface area contributed by atoms with Gasteiger partial charge in [-0.05, 0) is 13.8 Å². The largest absolute Gasteiger partial charge is 0.468 e. The number of rotatable bonds is 2. The Morgan fingerprint density at radius 2 is 2.17 bits per heavy atom. The van der Waals surface area contributed by atoms with Gasteiger partial charge in [-0.15, -0.1) is 0 Å². The van der Waals surface area contributed by atoms with Crippen LogP contribution in [-0.4, -0.2) is 50.4 Å². The second kappa shape index (κ2) is 4.25.